The maximum Gasteiger partial charge on any atom is 0.328 e. The van der Waals surface area contributed by atoms with E-state index < -0.39 is 54.0 Å². The smallest absolute Gasteiger partial charge is 0.328 e. The highest BCUT2D eigenvalue weighted by Crippen LogP contribution is 2.08. The van der Waals surface area contributed by atoms with Gasteiger partial charge in [-0.15, -0.1) is 0 Å². The molecule has 0 aliphatic rings. The number of aliphatic carboxylic acids is 1. The van der Waals surface area contributed by atoms with Gasteiger partial charge in [-0.05, 0) is 25.7 Å². The maximum absolute atomic E-state index is 12.6. The molecule has 0 spiro atoms. The van der Waals surface area contributed by atoms with E-state index in [1.807, 2.05) is 0 Å². The molecule has 0 saturated heterocycles. The van der Waals surface area contributed by atoms with Crippen LogP contribution in [0, 0.1) is 11.8 Å². The number of amides is 3. The minimum Gasteiger partial charge on any atom is -0.480 e. The lowest BCUT2D eigenvalue weighted by Gasteiger charge is -2.28. The molecule has 27 heavy (non-hydrogen) atoms. The summed E-state index contributed by atoms with van der Waals surface area (Å²) in [5, 5.41) is 25.9. The molecule has 7 N–H and O–H groups in total. The summed E-state index contributed by atoms with van der Waals surface area (Å²) in [6.07, 6.45) is -1.32. The molecule has 3 amide bonds. The summed E-state index contributed by atoms with van der Waals surface area (Å²) in [5.41, 5.74) is 5.51. The Morgan fingerprint density at radius 2 is 1.04 bits per heavy atom. The standard InChI is InChI=1S/C17H32N4O6/c1-7(2)11(19-14(23)9(5)18)15(24)20-12(8(3)4)16(25)21-13(10(6)22)17(26)27/h7-13,22H,18H2,1-6H3,(H,19,23)(H,20,24)(H,21,25)(H,26,27)/t9-,10+,11-,12-,13-/m0/s1. The van der Waals surface area contributed by atoms with Crippen molar-refractivity contribution in [3.63, 3.8) is 0 Å². The van der Waals surface area contributed by atoms with Gasteiger partial charge in [0.2, 0.25) is 17.7 Å². The van der Waals surface area contributed by atoms with Crippen LogP contribution in [0.4, 0.5) is 0 Å². The number of aliphatic hydroxyl groups is 1. The van der Waals surface area contributed by atoms with Crippen LogP contribution in [0.15, 0.2) is 0 Å². The van der Waals surface area contributed by atoms with Gasteiger partial charge in [-0.25, -0.2) is 4.79 Å². The maximum atomic E-state index is 12.6. The van der Waals surface area contributed by atoms with Crippen LogP contribution in [0.3, 0.4) is 0 Å². The molecule has 0 heterocycles. The van der Waals surface area contributed by atoms with Crippen molar-refractivity contribution in [2.45, 2.75) is 71.8 Å². The average molecular weight is 388 g/mol. The van der Waals surface area contributed by atoms with E-state index >= 15 is 0 Å². The van der Waals surface area contributed by atoms with Crippen molar-refractivity contribution in [3.8, 4) is 0 Å². The summed E-state index contributed by atoms with van der Waals surface area (Å²) in [4.78, 5) is 48.0. The lowest BCUT2D eigenvalue weighted by atomic mass is 9.99. The minimum absolute atomic E-state index is 0.271. The molecule has 0 aromatic rings. The van der Waals surface area contributed by atoms with Crippen LogP contribution in [-0.2, 0) is 19.2 Å². The predicted octanol–water partition coefficient (Wildman–Crippen LogP) is -1.43. The fourth-order valence-corrected chi connectivity index (χ4v) is 2.23. The molecule has 5 atom stereocenters. The zero-order valence-electron chi connectivity index (χ0n) is 16.6. The van der Waals surface area contributed by atoms with E-state index in [9.17, 15) is 24.3 Å². The molecule has 0 aromatic carbocycles. The molecule has 0 radical (unpaired) electrons. The van der Waals surface area contributed by atoms with Gasteiger partial charge in [0.1, 0.15) is 12.1 Å². The third kappa shape index (κ3) is 7.92. The van der Waals surface area contributed by atoms with E-state index in [4.69, 9.17) is 10.8 Å². The molecule has 0 bridgehead atoms. The van der Waals surface area contributed by atoms with E-state index in [0.29, 0.717) is 0 Å². The first kappa shape index (κ1) is 24.8. The fourth-order valence-electron chi connectivity index (χ4n) is 2.23. The normalized spacial score (nSPS) is 16.8. The molecule has 0 aromatic heterocycles. The van der Waals surface area contributed by atoms with E-state index in [0.717, 1.165) is 0 Å². The highest BCUT2D eigenvalue weighted by Gasteiger charge is 2.33. The molecule has 0 aliphatic heterocycles. The highest BCUT2D eigenvalue weighted by atomic mass is 16.4. The first-order valence-electron chi connectivity index (χ1n) is 8.87. The lowest BCUT2D eigenvalue weighted by Crippen LogP contribution is -2.60. The van der Waals surface area contributed by atoms with Gasteiger partial charge in [0.25, 0.3) is 0 Å². The van der Waals surface area contributed by atoms with E-state index in [1.165, 1.54) is 13.8 Å². The number of rotatable bonds is 10. The molecular formula is C17H32N4O6. The molecule has 0 fully saturated rings. The Morgan fingerprint density at radius 3 is 1.30 bits per heavy atom. The minimum atomic E-state index is -1.51. The van der Waals surface area contributed by atoms with Crippen LogP contribution in [0.25, 0.3) is 0 Å². The molecular weight excluding hydrogens is 356 g/mol. The van der Waals surface area contributed by atoms with Crippen LogP contribution in [0.5, 0.6) is 0 Å². The number of carbonyl (C=O) groups excluding carboxylic acids is 3. The van der Waals surface area contributed by atoms with Crippen molar-refractivity contribution < 1.29 is 29.4 Å². The van der Waals surface area contributed by atoms with Crippen molar-refractivity contribution in [1.82, 2.24) is 16.0 Å². The van der Waals surface area contributed by atoms with Crippen molar-refractivity contribution in [1.29, 1.82) is 0 Å². The van der Waals surface area contributed by atoms with Gasteiger partial charge in [0.15, 0.2) is 6.04 Å². The Balaban J connectivity index is 5.30. The van der Waals surface area contributed by atoms with E-state index in [1.54, 1.807) is 27.7 Å². The third-order valence-corrected chi connectivity index (χ3v) is 3.95. The summed E-state index contributed by atoms with van der Waals surface area (Å²) >= 11 is 0. The van der Waals surface area contributed by atoms with Crippen LogP contribution in [0.2, 0.25) is 0 Å². The Labute approximate surface area is 159 Å². The number of nitrogens with one attached hydrogen (secondary N) is 3. The Bertz CT molecular complexity index is 548. The molecule has 0 unspecified atom stereocenters. The summed E-state index contributed by atoms with van der Waals surface area (Å²) in [6, 6.07) is -4.27. The zero-order valence-corrected chi connectivity index (χ0v) is 16.6. The van der Waals surface area contributed by atoms with Gasteiger partial charge in [-0.3, -0.25) is 14.4 Å². The monoisotopic (exact) mass is 388 g/mol. The van der Waals surface area contributed by atoms with Gasteiger partial charge >= 0.3 is 5.97 Å². The summed E-state index contributed by atoms with van der Waals surface area (Å²) in [7, 11) is 0. The SMILES string of the molecule is CC(C)[C@H](NC(=O)[C@H](C)N)C(=O)N[C@H](C(=O)N[C@H](C(=O)O)[C@@H](C)O)C(C)C. The van der Waals surface area contributed by atoms with Gasteiger partial charge in [0, 0.05) is 0 Å². The molecule has 156 valence electrons. The average Bonchev–Trinajstić information content (AvgIpc) is 2.52. The van der Waals surface area contributed by atoms with Crippen molar-refractivity contribution in [2.24, 2.45) is 17.6 Å². The fraction of sp³-hybridized carbons (Fsp3) is 0.765. The van der Waals surface area contributed by atoms with E-state index in [2.05, 4.69) is 16.0 Å². The molecule has 0 rings (SSSR count). The van der Waals surface area contributed by atoms with Crippen molar-refractivity contribution >= 4 is 23.7 Å². The highest BCUT2D eigenvalue weighted by molar-refractivity contribution is 5.94. The first-order chi connectivity index (χ1) is 12.3. The van der Waals surface area contributed by atoms with Crippen LogP contribution >= 0.6 is 0 Å². The zero-order chi connectivity index (χ0) is 21.5. The van der Waals surface area contributed by atoms with Crippen LogP contribution < -0.4 is 21.7 Å². The Morgan fingerprint density at radius 1 is 0.704 bits per heavy atom. The van der Waals surface area contributed by atoms with Crippen LogP contribution in [0.1, 0.15) is 41.5 Å². The largest absolute Gasteiger partial charge is 0.480 e. The predicted molar refractivity (Wildman–Crippen MR) is 98.4 cm³/mol. The summed E-state index contributed by atoms with van der Waals surface area (Å²) in [5.74, 6) is -3.86. The number of carboxylic acids is 1. The third-order valence-electron chi connectivity index (χ3n) is 3.95. The molecule has 10 heteroatoms. The van der Waals surface area contributed by atoms with Gasteiger partial charge in [-0.2, -0.15) is 0 Å². The summed E-state index contributed by atoms with van der Waals surface area (Å²) < 4.78 is 0. The number of hydrogen-bond acceptors (Lipinski definition) is 6. The number of carbonyl (C=O) groups is 4. The van der Waals surface area contributed by atoms with Crippen molar-refractivity contribution in [3.05, 3.63) is 0 Å². The van der Waals surface area contributed by atoms with Crippen LogP contribution in [-0.4, -0.2) is 64.2 Å². The van der Waals surface area contributed by atoms with Gasteiger partial charge in [-0.1, -0.05) is 27.7 Å². The number of nitrogens with two attached hydrogens (primary N) is 1. The second-order valence-corrected chi connectivity index (χ2v) is 7.31. The number of carboxylic acid groups (broad SMARTS) is 1. The quantitative estimate of drug-likeness (QED) is 0.266. The molecule has 10 nitrogen and oxygen atoms in total. The van der Waals surface area contributed by atoms with Crippen molar-refractivity contribution in [2.75, 3.05) is 0 Å². The second-order valence-electron chi connectivity index (χ2n) is 7.31. The molecule has 0 saturated carbocycles. The van der Waals surface area contributed by atoms with E-state index in [-0.39, 0.29) is 11.8 Å². The first-order valence-corrected chi connectivity index (χ1v) is 8.87. The Kier molecular flexibility index (Phi) is 9.95. The summed E-state index contributed by atoms with van der Waals surface area (Å²) in [6.45, 7) is 9.52. The van der Waals surface area contributed by atoms with Gasteiger partial charge in [0.05, 0.1) is 12.1 Å². The second kappa shape index (κ2) is 10.8. The number of aliphatic hydroxyl groups excluding tert-OH is 1. The van der Waals surface area contributed by atoms with Gasteiger partial charge < -0.3 is 31.9 Å². The molecule has 0 aliphatic carbocycles. The lowest BCUT2D eigenvalue weighted by molar-refractivity contribution is -0.145. The Hall–Kier alpha value is -2.20. The number of hydrogen-bond donors (Lipinski definition) is 6. The topological polar surface area (TPSA) is 171 Å².